The summed E-state index contributed by atoms with van der Waals surface area (Å²) >= 11 is 0. The van der Waals surface area contributed by atoms with Crippen LogP contribution in [0.2, 0.25) is 0 Å². The van der Waals surface area contributed by atoms with Gasteiger partial charge in [0, 0.05) is 0 Å². The van der Waals surface area contributed by atoms with Gasteiger partial charge in [-0.2, -0.15) is 0 Å². The van der Waals surface area contributed by atoms with Crippen molar-refractivity contribution in [1.82, 2.24) is 0 Å². The Bertz CT molecular complexity index is 650. The van der Waals surface area contributed by atoms with E-state index in [0.717, 1.165) is 29.3 Å². The Morgan fingerprint density at radius 3 is 2.29 bits per heavy atom. The highest BCUT2D eigenvalue weighted by Gasteiger charge is 2.15. The molecule has 0 saturated heterocycles. The normalized spacial score (nSPS) is 12.0. The molecule has 0 unspecified atom stereocenters. The minimum atomic E-state index is 0.911. The summed E-state index contributed by atoms with van der Waals surface area (Å²) in [7, 11) is 0. The number of anilines is 2. The molecule has 24 heavy (non-hydrogen) atoms. The highest BCUT2D eigenvalue weighted by atomic mass is 16.5. The van der Waals surface area contributed by atoms with Crippen molar-refractivity contribution in [3.05, 3.63) is 48.0 Å². The van der Waals surface area contributed by atoms with E-state index in [1.54, 1.807) is 0 Å². The molecular formula is C22H29NO. The van der Waals surface area contributed by atoms with Gasteiger partial charge in [-0.3, -0.25) is 0 Å². The van der Waals surface area contributed by atoms with Crippen molar-refractivity contribution >= 4 is 11.4 Å². The molecule has 128 valence electrons. The number of aryl methyl sites for hydroxylation is 1. The summed E-state index contributed by atoms with van der Waals surface area (Å²) in [5.41, 5.74) is 3.48. The molecule has 0 fully saturated rings. The summed E-state index contributed by atoms with van der Waals surface area (Å²) in [6, 6.07) is 14.7. The number of hydrogen-bond donors (Lipinski definition) is 1. The molecule has 0 aromatic heterocycles. The van der Waals surface area contributed by atoms with E-state index >= 15 is 0 Å². The molecule has 3 rings (SSSR count). The number of benzene rings is 2. The van der Waals surface area contributed by atoms with Gasteiger partial charge < -0.3 is 10.1 Å². The van der Waals surface area contributed by atoms with E-state index in [1.165, 1.54) is 56.9 Å². The third-order valence-electron chi connectivity index (χ3n) is 4.74. The number of ether oxygens (including phenoxy) is 1. The minimum absolute atomic E-state index is 0.911. The Balaban J connectivity index is 1.44. The lowest BCUT2D eigenvalue weighted by molar-refractivity contribution is 0.480. The fraction of sp³-hybridized carbons (Fsp3) is 0.455. The van der Waals surface area contributed by atoms with Gasteiger partial charge in [0.1, 0.15) is 0 Å². The molecule has 1 aliphatic heterocycles. The molecule has 1 N–H and O–H groups in total. The number of para-hydroxylation sites is 2. The Kier molecular flexibility index (Phi) is 6.17. The fourth-order valence-corrected chi connectivity index (χ4v) is 3.30. The molecule has 0 spiro atoms. The second-order valence-electron chi connectivity index (χ2n) is 6.78. The molecule has 1 aliphatic rings. The largest absolute Gasteiger partial charge is 0.453 e. The predicted molar refractivity (Wildman–Crippen MR) is 103 cm³/mol. The van der Waals surface area contributed by atoms with Crippen molar-refractivity contribution in [2.45, 2.75) is 64.7 Å². The van der Waals surface area contributed by atoms with E-state index in [4.69, 9.17) is 4.74 Å². The van der Waals surface area contributed by atoms with E-state index in [2.05, 4.69) is 30.4 Å². The lowest BCUT2D eigenvalue weighted by Gasteiger charge is -2.22. The van der Waals surface area contributed by atoms with Crippen molar-refractivity contribution in [3.63, 3.8) is 0 Å². The van der Waals surface area contributed by atoms with E-state index in [-0.39, 0.29) is 0 Å². The van der Waals surface area contributed by atoms with Crippen LogP contribution in [-0.2, 0) is 6.42 Å². The topological polar surface area (TPSA) is 21.3 Å². The summed E-state index contributed by atoms with van der Waals surface area (Å²) < 4.78 is 6.04. The number of rotatable bonds is 9. The van der Waals surface area contributed by atoms with Gasteiger partial charge >= 0.3 is 0 Å². The zero-order valence-electron chi connectivity index (χ0n) is 14.8. The molecule has 0 aliphatic carbocycles. The van der Waals surface area contributed by atoms with Crippen LogP contribution in [0.1, 0.15) is 63.9 Å². The van der Waals surface area contributed by atoms with Crippen molar-refractivity contribution in [1.29, 1.82) is 0 Å². The van der Waals surface area contributed by atoms with Crippen LogP contribution in [0.25, 0.3) is 0 Å². The monoisotopic (exact) mass is 323 g/mol. The van der Waals surface area contributed by atoms with Gasteiger partial charge in [0.15, 0.2) is 11.5 Å². The van der Waals surface area contributed by atoms with Gasteiger partial charge in [0.2, 0.25) is 0 Å². The van der Waals surface area contributed by atoms with Crippen molar-refractivity contribution in [2.75, 3.05) is 5.32 Å². The Morgan fingerprint density at radius 1 is 0.750 bits per heavy atom. The first-order valence-electron chi connectivity index (χ1n) is 9.53. The molecule has 0 atom stereocenters. The molecular weight excluding hydrogens is 294 g/mol. The first kappa shape index (κ1) is 16.9. The first-order valence-corrected chi connectivity index (χ1v) is 9.53. The van der Waals surface area contributed by atoms with E-state index in [9.17, 15) is 0 Å². The number of hydrogen-bond acceptors (Lipinski definition) is 2. The van der Waals surface area contributed by atoms with Gasteiger partial charge in [-0.25, -0.2) is 0 Å². The van der Waals surface area contributed by atoms with Crippen LogP contribution >= 0.6 is 0 Å². The van der Waals surface area contributed by atoms with Gasteiger partial charge in [-0.1, -0.05) is 70.1 Å². The van der Waals surface area contributed by atoms with Gasteiger partial charge in [-0.05, 0) is 42.7 Å². The van der Waals surface area contributed by atoms with E-state index in [0.29, 0.717) is 0 Å². The van der Waals surface area contributed by atoms with Crippen molar-refractivity contribution < 1.29 is 4.74 Å². The molecule has 0 saturated carbocycles. The standard InChI is InChI=1S/C22H29NO/c1-2-3-4-5-6-7-8-9-12-18-15-16-20-22(17-18)24-21-14-11-10-13-19(21)23-20/h10-11,13-17,23H,2-9,12H2,1H3. The SMILES string of the molecule is CCCCCCCCCCc1ccc2c(c1)Oc1ccccc1N2. The van der Waals surface area contributed by atoms with Crippen LogP contribution in [0.15, 0.2) is 42.5 Å². The first-order chi connectivity index (χ1) is 11.9. The molecule has 2 nitrogen and oxygen atoms in total. The average Bonchev–Trinajstić information content (AvgIpc) is 2.62. The Morgan fingerprint density at radius 2 is 1.46 bits per heavy atom. The van der Waals surface area contributed by atoms with Gasteiger partial charge in [-0.15, -0.1) is 0 Å². The maximum Gasteiger partial charge on any atom is 0.151 e. The van der Waals surface area contributed by atoms with E-state index < -0.39 is 0 Å². The molecule has 2 heteroatoms. The third kappa shape index (κ3) is 4.53. The highest BCUT2D eigenvalue weighted by Crippen LogP contribution is 2.41. The summed E-state index contributed by atoms with van der Waals surface area (Å²) in [6.45, 7) is 2.27. The van der Waals surface area contributed by atoms with Crippen LogP contribution in [-0.4, -0.2) is 0 Å². The molecule has 2 aromatic carbocycles. The molecule has 0 amide bonds. The predicted octanol–water partition coefficient (Wildman–Crippen LogP) is 7.22. The lowest BCUT2D eigenvalue weighted by atomic mass is 10.0. The van der Waals surface area contributed by atoms with Crippen LogP contribution in [0, 0.1) is 0 Å². The van der Waals surface area contributed by atoms with E-state index in [1.807, 2.05) is 24.3 Å². The Labute approximate surface area is 146 Å². The second-order valence-corrected chi connectivity index (χ2v) is 6.78. The van der Waals surface area contributed by atoms with Crippen LogP contribution < -0.4 is 10.1 Å². The zero-order valence-corrected chi connectivity index (χ0v) is 14.8. The molecule has 0 bridgehead atoms. The maximum atomic E-state index is 6.04. The minimum Gasteiger partial charge on any atom is -0.453 e. The van der Waals surface area contributed by atoms with Crippen molar-refractivity contribution in [3.8, 4) is 11.5 Å². The summed E-state index contributed by atoms with van der Waals surface area (Å²) in [5.74, 6) is 1.86. The fourth-order valence-electron chi connectivity index (χ4n) is 3.30. The summed E-state index contributed by atoms with van der Waals surface area (Å²) in [6.07, 6.45) is 12.1. The number of fused-ring (bicyclic) bond motifs is 2. The number of nitrogens with one attached hydrogen (secondary N) is 1. The van der Waals surface area contributed by atoms with Crippen molar-refractivity contribution in [2.24, 2.45) is 0 Å². The molecule has 0 radical (unpaired) electrons. The molecule has 2 aromatic rings. The van der Waals surface area contributed by atoms with Crippen LogP contribution in [0.3, 0.4) is 0 Å². The number of unbranched alkanes of at least 4 members (excludes halogenated alkanes) is 7. The van der Waals surface area contributed by atoms with Gasteiger partial charge in [0.05, 0.1) is 11.4 Å². The summed E-state index contributed by atoms with van der Waals surface area (Å²) in [4.78, 5) is 0. The average molecular weight is 323 g/mol. The van der Waals surface area contributed by atoms with Crippen LogP contribution in [0.5, 0.6) is 11.5 Å². The smallest absolute Gasteiger partial charge is 0.151 e. The third-order valence-corrected chi connectivity index (χ3v) is 4.74. The van der Waals surface area contributed by atoms with Crippen LogP contribution in [0.4, 0.5) is 11.4 Å². The quantitative estimate of drug-likeness (QED) is 0.420. The lowest BCUT2D eigenvalue weighted by Crippen LogP contribution is -2.03. The maximum absolute atomic E-state index is 6.04. The second kappa shape index (κ2) is 8.77. The molecule has 1 heterocycles. The zero-order chi connectivity index (χ0) is 16.6. The highest BCUT2D eigenvalue weighted by molar-refractivity contribution is 5.75. The Hall–Kier alpha value is -1.96. The van der Waals surface area contributed by atoms with Gasteiger partial charge in [0.25, 0.3) is 0 Å². The summed E-state index contributed by atoms with van der Waals surface area (Å²) in [5, 5.41) is 3.44.